The number of hydrogen-bond donors (Lipinski definition) is 0. The highest BCUT2D eigenvalue weighted by molar-refractivity contribution is 7.10. The first kappa shape index (κ1) is 25.4. The molecule has 39 heavy (non-hydrogen) atoms. The quantitative estimate of drug-likeness (QED) is 0.281. The summed E-state index contributed by atoms with van der Waals surface area (Å²) >= 11 is 7.80. The predicted octanol–water partition coefficient (Wildman–Crippen LogP) is 5.39. The Labute approximate surface area is 233 Å². The summed E-state index contributed by atoms with van der Waals surface area (Å²) in [7, 11) is 0. The molecule has 8 nitrogen and oxygen atoms in total. The molecule has 2 amide bonds. The third-order valence-corrected chi connectivity index (χ3v) is 8.25. The van der Waals surface area contributed by atoms with E-state index in [9.17, 15) is 14.4 Å². The largest absolute Gasteiger partial charge is 0.494 e. The Kier molecular flexibility index (Phi) is 6.72. The second-order valence-electron chi connectivity index (χ2n) is 9.21. The van der Waals surface area contributed by atoms with E-state index in [-0.39, 0.29) is 10.0 Å². The van der Waals surface area contributed by atoms with E-state index in [1.807, 2.05) is 55.5 Å². The molecule has 3 aromatic carbocycles. The SMILES string of the molecule is CCCOc1ccc(N2C(=O)[C@H]3[C@@H](ON(c4ccccc4)[C@H]3c3sc(=O)n(-c4ccccc4)c3Cl)C2=O)cc1. The highest BCUT2D eigenvalue weighted by Gasteiger charge is 2.61. The molecule has 2 fully saturated rings. The van der Waals surface area contributed by atoms with Crippen molar-refractivity contribution in [2.24, 2.45) is 5.92 Å². The van der Waals surface area contributed by atoms with Gasteiger partial charge in [0.2, 0.25) is 5.91 Å². The summed E-state index contributed by atoms with van der Waals surface area (Å²) in [5.74, 6) is -1.14. The van der Waals surface area contributed by atoms with Crippen LogP contribution >= 0.6 is 22.9 Å². The Bertz CT molecular complexity index is 1570. The van der Waals surface area contributed by atoms with Crippen LogP contribution in [0.25, 0.3) is 5.69 Å². The fraction of sp³-hybridized carbons (Fsp3) is 0.207. The molecule has 0 spiro atoms. The molecular formula is C29H24ClN3O5S. The molecule has 0 bridgehead atoms. The van der Waals surface area contributed by atoms with Crippen molar-refractivity contribution in [1.29, 1.82) is 0 Å². The number of ether oxygens (including phenoxy) is 1. The van der Waals surface area contributed by atoms with Crippen molar-refractivity contribution in [3.63, 3.8) is 0 Å². The molecule has 0 unspecified atom stereocenters. The zero-order valence-electron chi connectivity index (χ0n) is 20.9. The summed E-state index contributed by atoms with van der Waals surface area (Å²) in [5.41, 5.74) is 1.68. The van der Waals surface area contributed by atoms with Crippen molar-refractivity contribution in [2.75, 3.05) is 16.6 Å². The van der Waals surface area contributed by atoms with Gasteiger partial charge in [0, 0.05) is 0 Å². The molecule has 2 aliphatic rings. The van der Waals surface area contributed by atoms with E-state index in [0.717, 1.165) is 22.7 Å². The lowest BCUT2D eigenvalue weighted by Gasteiger charge is -2.28. The number of amides is 2. The first-order chi connectivity index (χ1) is 19.0. The number of halogens is 1. The average molecular weight is 562 g/mol. The minimum absolute atomic E-state index is 0.183. The molecular weight excluding hydrogens is 538 g/mol. The Morgan fingerprint density at radius 3 is 2.13 bits per heavy atom. The molecule has 6 rings (SSSR count). The highest BCUT2D eigenvalue weighted by atomic mass is 35.5. The van der Waals surface area contributed by atoms with Gasteiger partial charge in [0.15, 0.2) is 6.10 Å². The number of rotatable bonds is 7. The summed E-state index contributed by atoms with van der Waals surface area (Å²) in [6.45, 7) is 2.59. The molecule has 0 aliphatic carbocycles. The van der Waals surface area contributed by atoms with Gasteiger partial charge in [0.25, 0.3) is 5.91 Å². The van der Waals surface area contributed by atoms with Gasteiger partial charge in [-0.1, -0.05) is 66.3 Å². The van der Waals surface area contributed by atoms with Gasteiger partial charge in [-0.05, 0) is 55.0 Å². The number of anilines is 2. The molecule has 1 aromatic heterocycles. The molecule has 198 valence electrons. The van der Waals surface area contributed by atoms with E-state index in [0.29, 0.717) is 34.3 Å². The molecule has 4 aromatic rings. The molecule has 2 saturated heterocycles. The molecule has 0 saturated carbocycles. The molecule has 3 heterocycles. The smallest absolute Gasteiger partial charge is 0.313 e. The van der Waals surface area contributed by atoms with Crippen molar-refractivity contribution in [3.8, 4) is 11.4 Å². The Balaban J connectivity index is 1.42. The van der Waals surface area contributed by atoms with Gasteiger partial charge in [-0.3, -0.25) is 23.8 Å². The van der Waals surface area contributed by atoms with Gasteiger partial charge in [0.05, 0.1) is 28.5 Å². The number of nitrogens with zero attached hydrogens (tertiary/aromatic N) is 3. The van der Waals surface area contributed by atoms with E-state index < -0.39 is 29.9 Å². The molecule has 10 heteroatoms. The maximum atomic E-state index is 13.9. The lowest BCUT2D eigenvalue weighted by Crippen LogP contribution is -2.37. The maximum absolute atomic E-state index is 13.9. The second-order valence-corrected chi connectivity index (χ2v) is 10.6. The van der Waals surface area contributed by atoms with Crippen molar-refractivity contribution >= 4 is 46.1 Å². The van der Waals surface area contributed by atoms with Crippen molar-refractivity contribution in [3.05, 3.63) is 105 Å². The van der Waals surface area contributed by atoms with Gasteiger partial charge >= 0.3 is 4.87 Å². The van der Waals surface area contributed by atoms with Crippen LogP contribution in [0.3, 0.4) is 0 Å². The predicted molar refractivity (Wildman–Crippen MR) is 150 cm³/mol. The van der Waals surface area contributed by atoms with Crippen LogP contribution in [0.1, 0.15) is 24.3 Å². The van der Waals surface area contributed by atoms with Gasteiger partial charge in [0.1, 0.15) is 22.9 Å². The monoisotopic (exact) mass is 561 g/mol. The van der Waals surface area contributed by atoms with Crippen molar-refractivity contribution < 1.29 is 19.2 Å². The number of fused-ring (bicyclic) bond motifs is 1. The number of carbonyl (C=O) groups excluding carboxylic acids is 2. The van der Waals surface area contributed by atoms with Crippen molar-refractivity contribution in [1.82, 2.24) is 4.57 Å². The number of hydroxylamine groups is 1. The molecule has 2 aliphatic heterocycles. The van der Waals surface area contributed by atoms with Crippen molar-refractivity contribution in [2.45, 2.75) is 25.5 Å². The van der Waals surface area contributed by atoms with Crippen LogP contribution in [0.15, 0.2) is 89.7 Å². The average Bonchev–Trinajstić information content (AvgIpc) is 3.57. The number of imide groups is 1. The first-order valence-corrected chi connectivity index (χ1v) is 13.8. The fourth-order valence-electron chi connectivity index (χ4n) is 5.00. The van der Waals surface area contributed by atoms with Gasteiger partial charge in [-0.15, -0.1) is 0 Å². The standard InChI is InChI=1S/C29H24ClN3O5S/c1-2-17-37-21-15-13-19(14-16-21)32-27(34)22-23(33(38-24(22)28(32)35)20-11-7-4-8-12-20)25-26(30)31(29(36)39-25)18-9-5-3-6-10-18/h3-16,22-24H,2,17H2,1H3/t22-,23-,24-/m1/s1. The number of aromatic nitrogens is 1. The van der Waals surface area contributed by atoms with E-state index in [2.05, 4.69) is 0 Å². The van der Waals surface area contributed by atoms with Gasteiger partial charge < -0.3 is 4.74 Å². The summed E-state index contributed by atoms with van der Waals surface area (Å²) in [5, 5.41) is 1.72. The van der Waals surface area contributed by atoms with Crippen LogP contribution in [-0.2, 0) is 14.4 Å². The van der Waals surface area contributed by atoms with Crippen LogP contribution in [-0.4, -0.2) is 29.1 Å². The first-order valence-electron chi connectivity index (χ1n) is 12.6. The van der Waals surface area contributed by atoms with Crippen LogP contribution in [0.5, 0.6) is 5.75 Å². The summed E-state index contributed by atoms with van der Waals surface area (Å²) < 4.78 is 7.05. The van der Waals surface area contributed by atoms with E-state index >= 15 is 0 Å². The Hall–Kier alpha value is -3.92. The summed E-state index contributed by atoms with van der Waals surface area (Å²) in [6, 6.07) is 24.3. The van der Waals surface area contributed by atoms with Crippen LogP contribution in [0, 0.1) is 5.92 Å². The topological polar surface area (TPSA) is 81.1 Å². The molecule has 0 radical (unpaired) electrons. The lowest BCUT2D eigenvalue weighted by molar-refractivity contribution is -0.126. The Morgan fingerprint density at radius 2 is 1.49 bits per heavy atom. The second kappa shape index (κ2) is 10.3. The fourth-order valence-corrected chi connectivity index (χ4v) is 6.46. The number of thiazole rings is 1. The van der Waals surface area contributed by atoms with Crippen LogP contribution in [0.4, 0.5) is 11.4 Å². The van der Waals surface area contributed by atoms with E-state index in [1.165, 1.54) is 9.63 Å². The molecule has 3 atom stereocenters. The third-order valence-electron chi connectivity index (χ3n) is 6.76. The number of benzene rings is 3. The van der Waals surface area contributed by atoms with Gasteiger partial charge in [-0.2, -0.15) is 0 Å². The summed E-state index contributed by atoms with van der Waals surface area (Å²) in [4.78, 5) is 48.2. The number of para-hydroxylation sites is 2. The zero-order valence-corrected chi connectivity index (χ0v) is 22.5. The van der Waals surface area contributed by atoms with Gasteiger partial charge in [-0.25, -0.2) is 9.96 Å². The molecule has 0 N–H and O–H groups in total. The lowest BCUT2D eigenvalue weighted by atomic mass is 9.95. The Morgan fingerprint density at radius 1 is 0.846 bits per heavy atom. The summed E-state index contributed by atoms with van der Waals surface area (Å²) in [6.07, 6.45) is -0.206. The van der Waals surface area contributed by atoms with Crippen LogP contribution in [0.2, 0.25) is 5.15 Å². The number of hydrogen-bond acceptors (Lipinski definition) is 7. The minimum Gasteiger partial charge on any atom is -0.494 e. The normalized spacial score (nSPS) is 20.5. The minimum atomic E-state index is -1.07. The van der Waals surface area contributed by atoms with E-state index in [1.54, 1.807) is 36.4 Å². The highest BCUT2D eigenvalue weighted by Crippen LogP contribution is 2.50. The zero-order chi connectivity index (χ0) is 27.1. The maximum Gasteiger partial charge on any atom is 0.313 e. The number of carbonyl (C=O) groups is 2. The third kappa shape index (κ3) is 4.32. The van der Waals surface area contributed by atoms with E-state index in [4.69, 9.17) is 21.2 Å². The van der Waals surface area contributed by atoms with Crippen LogP contribution < -0.4 is 19.6 Å².